The molecule has 0 aliphatic carbocycles. The van der Waals surface area contributed by atoms with Gasteiger partial charge in [-0.1, -0.05) is 11.6 Å². The molecule has 1 aromatic carbocycles. The fourth-order valence-electron chi connectivity index (χ4n) is 2.18. The van der Waals surface area contributed by atoms with Crippen LogP contribution in [-0.4, -0.2) is 28.6 Å². The Bertz CT molecular complexity index is 966. The third-order valence-electron chi connectivity index (χ3n) is 3.49. The van der Waals surface area contributed by atoms with E-state index in [0.717, 1.165) is 7.05 Å². The average Bonchev–Trinajstić information content (AvgIpc) is 2.58. The van der Waals surface area contributed by atoms with E-state index in [2.05, 4.69) is 0 Å². The predicted molar refractivity (Wildman–Crippen MR) is 83.6 cm³/mol. The van der Waals surface area contributed by atoms with E-state index in [4.69, 9.17) is 16.3 Å². The maximum absolute atomic E-state index is 14.2. The third kappa shape index (κ3) is 4.12. The molecule has 5 nitrogen and oxygen atoms in total. The Hall–Kier alpha value is -2.43. The summed E-state index contributed by atoms with van der Waals surface area (Å²) in [5, 5.41) is -0.417. The minimum Gasteiger partial charge on any atom is -0.483 e. The van der Waals surface area contributed by atoms with Gasteiger partial charge in [0.05, 0.1) is 10.7 Å². The molecule has 0 fully saturated rings. The van der Waals surface area contributed by atoms with Crippen LogP contribution in [0.2, 0.25) is 5.02 Å². The largest absolute Gasteiger partial charge is 0.483 e. The van der Waals surface area contributed by atoms with Crippen LogP contribution in [0, 0.1) is 5.82 Å². The number of aromatic nitrogens is 2. The van der Waals surface area contributed by atoms with Gasteiger partial charge in [0.2, 0.25) is 0 Å². The lowest BCUT2D eigenvalue weighted by Gasteiger charge is -2.17. The zero-order valence-electron chi connectivity index (χ0n) is 13.5. The molecule has 2 rings (SSSR count). The lowest BCUT2D eigenvalue weighted by Crippen LogP contribution is -2.41. The first kappa shape index (κ1) is 20.9. The minimum absolute atomic E-state index is 0.113. The van der Waals surface area contributed by atoms with Gasteiger partial charge in [-0.2, -0.15) is 13.2 Å². The molecule has 0 radical (unpaired) electrons. The lowest BCUT2D eigenvalue weighted by molar-refractivity contribution is -0.144. The number of rotatable bonds is 5. The molecule has 0 bridgehead atoms. The number of halogens is 7. The van der Waals surface area contributed by atoms with E-state index in [1.54, 1.807) is 0 Å². The Morgan fingerprint density at radius 2 is 1.74 bits per heavy atom. The molecule has 0 unspecified atom stereocenters. The van der Waals surface area contributed by atoms with Crippen LogP contribution in [0.1, 0.15) is 5.69 Å². The van der Waals surface area contributed by atoms with Gasteiger partial charge in [0.25, 0.3) is 5.56 Å². The van der Waals surface area contributed by atoms with Crippen LogP contribution in [0.25, 0.3) is 5.69 Å². The molecule has 0 aliphatic rings. The van der Waals surface area contributed by atoms with Crippen molar-refractivity contribution in [3.8, 4) is 11.4 Å². The van der Waals surface area contributed by atoms with Gasteiger partial charge < -0.3 is 4.74 Å². The van der Waals surface area contributed by atoms with Crippen LogP contribution >= 0.6 is 11.6 Å². The summed E-state index contributed by atoms with van der Waals surface area (Å²) in [7, 11) is 0.745. The number of benzene rings is 1. The highest BCUT2D eigenvalue weighted by atomic mass is 35.5. The van der Waals surface area contributed by atoms with E-state index in [1.807, 2.05) is 0 Å². The van der Waals surface area contributed by atoms with Crippen molar-refractivity contribution in [3.63, 3.8) is 0 Å². The van der Waals surface area contributed by atoms with Crippen molar-refractivity contribution < 1.29 is 31.1 Å². The maximum atomic E-state index is 14.2. The van der Waals surface area contributed by atoms with Crippen molar-refractivity contribution in [1.29, 1.82) is 0 Å². The summed E-state index contributed by atoms with van der Waals surface area (Å²) in [6.45, 7) is -2.50. The molecule has 1 aromatic heterocycles. The summed E-state index contributed by atoms with van der Waals surface area (Å²) in [5.41, 5.74) is -5.28. The van der Waals surface area contributed by atoms with Gasteiger partial charge in [-0.05, 0) is 6.07 Å². The van der Waals surface area contributed by atoms with Crippen LogP contribution in [0.5, 0.6) is 5.75 Å². The molecule has 148 valence electrons. The van der Waals surface area contributed by atoms with Gasteiger partial charge in [0.15, 0.2) is 6.10 Å². The molecule has 0 saturated carbocycles. The summed E-state index contributed by atoms with van der Waals surface area (Å²) in [6.07, 6.45) is -6.57. The van der Waals surface area contributed by atoms with Gasteiger partial charge in [-0.15, -0.1) is 0 Å². The number of hydrogen-bond donors (Lipinski definition) is 0. The van der Waals surface area contributed by atoms with Gasteiger partial charge in [-0.3, -0.25) is 9.36 Å². The van der Waals surface area contributed by atoms with Gasteiger partial charge in [-0.25, -0.2) is 22.5 Å². The monoisotopic (exact) mass is 416 g/mol. The molecule has 0 spiro atoms. The average molecular weight is 417 g/mol. The number of ether oxygens (including phenoxy) is 1. The first-order chi connectivity index (χ1) is 12.5. The Morgan fingerprint density at radius 3 is 2.26 bits per heavy atom. The van der Waals surface area contributed by atoms with Crippen molar-refractivity contribution in [1.82, 2.24) is 9.13 Å². The molecule has 1 heterocycles. The molecular formula is C15H11ClF6N2O3. The number of nitrogens with zero attached hydrogens (tertiary/aromatic N) is 2. The van der Waals surface area contributed by atoms with Crippen molar-refractivity contribution in [2.75, 3.05) is 13.3 Å². The van der Waals surface area contributed by atoms with Crippen molar-refractivity contribution in [2.45, 2.75) is 12.3 Å². The summed E-state index contributed by atoms with van der Waals surface area (Å²) >= 11 is 5.71. The van der Waals surface area contributed by atoms with Gasteiger partial charge in [0.1, 0.15) is 30.6 Å². The Morgan fingerprint density at radius 1 is 1.15 bits per heavy atom. The normalized spacial score (nSPS) is 11.9. The second kappa shape index (κ2) is 7.67. The maximum Gasteiger partial charge on any atom is 0.431 e. The molecule has 0 aliphatic heterocycles. The molecule has 0 N–H and O–H groups in total. The molecule has 27 heavy (non-hydrogen) atoms. The summed E-state index contributed by atoms with van der Waals surface area (Å²) in [5.74, 6) is -1.69. The smallest absolute Gasteiger partial charge is 0.431 e. The Labute approximate surface area is 152 Å². The van der Waals surface area contributed by atoms with Gasteiger partial charge >= 0.3 is 11.9 Å². The second-order valence-corrected chi connectivity index (χ2v) is 5.73. The predicted octanol–water partition coefficient (Wildman–Crippen LogP) is 3.03. The molecule has 2 aromatic rings. The highest BCUT2D eigenvalue weighted by Crippen LogP contribution is 2.30. The van der Waals surface area contributed by atoms with Crippen LogP contribution < -0.4 is 16.0 Å². The van der Waals surface area contributed by atoms with Gasteiger partial charge in [0, 0.05) is 19.2 Å². The SMILES string of the molecule is Cn1c(C(F)(F)F)cc(=O)n(-c2cc(OC(CF)CF)c(Cl)cc2F)c1=O. The molecule has 0 atom stereocenters. The van der Waals surface area contributed by atoms with E-state index in [0.29, 0.717) is 12.1 Å². The highest BCUT2D eigenvalue weighted by Gasteiger charge is 2.35. The van der Waals surface area contributed by atoms with Crippen molar-refractivity contribution in [2.24, 2.45) is 7.05 Å². The topological polar surface area (TPSA) is 53.2 Å². The van der Waals surface area contributed by atoms with E-state index in [-0.39, 0.29) is 15.2 Å². The zero-order valence-corrected chi connectivity index (χ0v) is 14.2. The van der Waals surface area contributed by atoms with Crippen LogP contribution in [0.4, 0.5) is 26.3 Å². The second-order valence-electron chi connectivity index (χ2n) is 5.33. The molecule has 12 heteroatoms. The number of alkyl halides is 5. The summed E-state index contributed by atoms with van der Waals surface area (Å²) < 4.78 is 83.2. The number of hydrogen-bond acceptors (Lipinski definition) is 3. The molecule has 0 saturated heterocycles. The van der Waals surface area contributed by atoms with Crippen molar-refractivity contribution >= 4 is 11.6 Å². The first-order valence-electron chi connectivity index (χ1n) is 7.19. The third-order valence-corrected chi connectivity index (χ3v) is 3.79. The van der Waals surface area contributed by atoms with E-state index in [1.165, 1.54) is 0 Å². The van der Waals surface area contributed by atoms with Crippen LogP contribution in [0.3, 0.4) is 0 Å². The Balaban J connectivity index is 2.71. The quantitative estimate of drug-likeness (QED) is 0.704. The zero-order chi connectivity index (χ0) is 20.5. The first-order valence-corrected chi connectivity index (χ1v) is 7.57. The fourth-order valence-corrected chi connectivity index (χ4v) is 2.38. The minimum atomic E-state index is -4.99. The molecular weight excluding hydrogens is 406 g/mol. The van der Waals surface area contributed by atoms with Crippen LogP contribution in [-0.2, 0) is 13.2 Å². The van der Waals surface area contributed by atoms with Crippen LogP contribution in [0.15, 0.2) is 27.8 Å². The standard InChI is InChI=1S/C15H11ClF6N2O3/c1-23-12(15(20,21)22)4-13(25)24(14(23)26)10-3-11(8(16)2-9(10)19)27-7(5-17)6-18/h2-4,7H,5-6H2,1H3. The Kier molecular flexibility index (Phi) is 5.93. The fraction of sp³-hybridized carbons (Fsp3) is 0.333. The highest BCUT2D eigenvalue weighted by molar-refractivity contribution is 6.32. The summed E-state index contributed by atoms with van der Waals surface area (Å²) in [6, 6.07) is 1.41. The molecule has 0 amide bonds. The van der Waals surface area contributed by atoms with E-state index >= 15 is 0 Å². The lowest BCUT2D eigenvalue weighted by atomic mass is 10.2. The summed E-state index contributed by atoms with van der Waals surface area (Å²) in [4.78, 5) is 24.2. The van der Waals surface area contributed by atoms with Crippen molar-refractivity contribution in [3.05, 3.63) is 55.6 Å². The van der Waals surface area contributed by atoms with E-state index < -0.39 is 64.8 Å². The van der Waals surface area contributed by atoms with E-state index in [9.17, 15) is 35.9 Å².